The summed E-state index contributed by atoms with van der Waals surface area (Å²) in [5.74, 6) is -0.487. The maximum Gasteiger partial charge on any atom is 0.308 e. The highest BCUT2D eigenvalue weighted by Gasteiger charge is 2.24. The van der Waals surface area contributed by atoms with Crippen molar-refractivity contribution in [3.05, 3.63) is 60.7 Å². The molecule has 0 aliphatic carbocycles. The molecular weight excluding hydrogens is 412 g/mol. The summed E-state index contributed by atoms with van der Waals surface area (Å²) in [6.07, 6.45) is 3.05. The second-order valence-corrected chi connectivity index (χ2v) is 6.94. The summed E-state index contributed by atoms with van der Waals surface area (Å²) in [4.78, 5) is 36.8. The summed E-state index contributed by atoms with van der Waals surface area (Å²) in [6.45, 7) is 3.11. The van der Waals surface area contributed by atoms with Gasteiger partial charge in [-0.05, 0) is 5.56 Å². The van der Waals surface area contributed by atoms with Crippen LogP contribution in [0.3, 0.4) is 0 Å². The molecule has 2 aromatic heterocycles. The lowest BCUT2D eigenvalue weighted by molar-refractivity contribution is -0.132. The smallest absolute Gasteiger partial charge is 0.308 e. The topological polar surface area (TPSA) is 105 Å². The van der Waals surface area contributed by atoms with E-state index in [2.05, 4.69) is 15.0 Å². The van der Waals surface area contributed by atoms with Gasteiger partial charge < -0.3 is 18.8 Å². The highest BCUT2D eigenvalue weighted by atomic mass is 16.5. The fraction of sp³-hybridized carbons (Fsp3) is 0.174. The Hall–Kier alpha value is -4.27. The molecule has 9 nitrogen and oxygen atoms in total. The molecule has 0 fully saturated rings. The van der Waals surface area contributed by atoms with E-state index in [1.807, 2.05) is 34.9 Å². The van der Waals surface area contributed by atoms with Crippen LogP contribution in [0.5, 0.6) is 17.2 Å². The minimum absolute atomic E-state index is 0.130. The second-order valence-electron chi connectivity index (χ2n) is 6.94. The SMILES string of the molecule is COc1cc(OC(C)=O)c(-c2ncnc3c2ncn3Cc2ccccc2)c(OC(C)=O)c1. The molecule has 0 radical (unpaired) electrons. The first-order valence-electron chi connectivity index (χ1n) is 9.75. The van der Waals surface area contributed by atoms with Crippen molar-refractivity contribution in [2.75, 3.05) is 7.11 Å². The quantitative estimate of drug-likeness (QED) is 0.337. The van der Waals surface area contributed by atoms with Crippen LogP contribution in [0, 0.1) is 0 Å². The first-order chi connectivity index (χ1) is 15.5. The van der Waals surface area contributed by atoms with Crippen LogP contribution in [0.4, 0.5) is 0 Å². The lowest BCUT2D eigenvalue weighted by Gasteiger charge is -2.15. The van der Waals surface area contributed by atoms with Gasteiger partial charge in [0.15, 0.2) is 5.65 Å². The van der Waals surface area contributed by atoms with E-state index in [-0.39, 0.29) is 11.5 Å². The van der Waals surface area contributed by atoms with Crippen LogP contribution in [0.25, 0.3) is 22.4 Å². The highest BCUT2D eigenvalue weighted by Crippen LogP contribution is 2.43. The van der Waals surface area contributed by atoms with Gasteiger partial charge in [0.1, 0.15) is 34.8 Å². The third kappa shape index (κ3) is 4.27. The van der Waals surface area contributed by atoms with Crippen LogP contribution < -0.4 is 14.2 Å². The third-order valence-corrected chi connectivity index (χ3v) is 4.62. The molecule has 32 heavy (non-hydrogen) atoms. The van der Waals surface area contributed by atoms with Crippen LogP contribution in [-0.4, -0.2) is 38.6 Å². The Balaban J connectivity index is 1.91. The van der Waals surface area contributed by atoms with Gasteiger partial charge >= 0.3 is 11.9 Å². The van der Waals surface area contributed by atoms with E-state index in [0.717, 1.165) is 5.56 Å². The van der Waals surface area contributed by atoms with Crippen LogP contribution in [-0.2, 0) is 16.1 Å². The lowest BCUT2D eigenvalue weighted by Crippen LogP contribution is -2.08. The van der Waals surface area contributed by atoms with E-state index >= 15 is 0 Å². The summed E-state index contributed by atoms with van der Waals surface area (Å²) >= 11 is 0. The first kappa shape index (κ1) is 21.0. The van der Waals surface area contributed by atoms with Crippen LogP contribution >= 0.6 is 0 Å². The number of imidazole rings is 1. The van der Waals surface area contributed by atoms with Crippen molar-refractivity contribution in [3.63, 3.8) is 0 Å². The Morgan fingerprint density at radius 2 is 1.59 bits per heavy atom. The summed E-state index contributed by atoms with van der Waals surface area (Å²) in [6, 6.07) is 12.9. The van der Waals surface area contributed by atoms with Crippen LogP contribution in [0.2, 0.25) is 0 Å². The van der Waals surface area contributed by atoms with E-state index in [1.165, 1.54) is 39.4 Å². The van der Waals surface area contributed by atoms with Crippen molar-refractivity contribution in [3.8, 4) is 28.5 Å². The summed E-state index contributed by atoms with van der Waals surface area (Å²) in [5.41, 5.74) is 2.79. The summed E-state index contributed by atoms with van der Waals surface area (Å²) in [5, 5.41) is 0. The van der Waals surface area contributed by atoms with E-state index in [4.69, 9.17) is 14.2 Å². The fourth-order valence-corrected chi connectivity index (χ4v) is 3.35. The molecule has 0 unspecified atom stereocenters. The Kier molecular flexibility index (Phi) is 5.80. The van der Waals surface area contributed by atoms with Crippen LogP contribution in [0.1, 0.15) is 19.4 Å². The summed E-state index contributed by atoms with van der Waals surface area (Å²) in [7, 11) is 1.46. The molecule has 0 N–H and O–H groups in total. The average molecular weight is 432 g/mol. The van der Waals surface area contributed by atoms with Gasteiger partial charge in [-0.1, -0.05) is 30.3 Å². The Labute approximate surface area is 183 Å². The summed E-state index contributed by atoms with van der Waals surface area (Å²) < 4.78 is 18.0. The van der Waals surface area contributed by atoms with E-state index in [0.29, 0.717) is 34.7 Å². The second kappa shape index (κ2) is 8.84. The number of methoxy groups -OCH3 is 1. The number of carbonyl (C=O) groups excluding carboxylic acids is 2. The number of esters is 2. The Bertz CT molecular complexity index is 1260. The number of rotatable bonds is 6. The zero-order chi connectivity index (χ0) is 22.7. The van der Waals surface area contributed by atoms with E-state index < -0.39 is 11.9 Å². The van der Waals surface area contributed by atoms with Gasteiger partial charge in [0, 0.05) is 26.0 Å². The molecule has 4 aromatic rings. The lowest BCUT2D eigenvalue weighted by atomic mass is 10.1. The maximum absolute atomic E-state index is 11.8. The number of ether oxygens (including phenoxy) is 3. The molecule has 2 heterocycles. The Morgan fingerprint density at radius 3 is 2.19 bits per heavy atom. The third-order valence-electron chi connectivity index (χ3n) is 4.62. The maximum atomic E-state index is 11.8. The van der Waals surface area contributed by atoms with Gasteiger partial charge in [0.2, 0.25) is 0 Å². The first-order valence-corrected chi connectivity index (χ1v) is 9.75. The standard InChI is InChI=1S/C23H20N4O5/c1-14(28)31-18-9-17(30-3)10-19(32-15(2)29)20(18)21-22-23(25-12-24-21)27(13-26-22)11-16-7-5-4-6-8-16/h4-10,12-13H,11H2,1-3H3. The van der Waals surface area contributed by atoms with Crippen molar-refractivity contribution >= 4 is 23.1 Å². The van der Waals surface area contributed by atoms with Crippen molar-refractivity contribution in [1.29, 1.82) is 0 Å². The van der Waals surface area contributed by atoms with E-state index in [9.17, 15) is 9.59 Å². The van der Waals surface area contributed by atoms with Crippen LogP contribution in [0.15, 0.2) is 55.1 Å². The molecule has 2 aromatic carbocycles. The molecule has 0 atom stereocenters. The van der Waals surface area contributed by atoms with Crippen molar-refractivity contribution in [2.45, 2.75) is 20.4 Å². The monoisotopic (exact) mass is 432 g/mol. The molecule has 0 spiro atoms. The number of hydrogen-bond acceptors (Lipinski definition) is 8. The number of hydrogen-bond donors (Lipinski definition) is 0. The molecule has 4 rings (SSSR count). The molecule has 162 valence electrons. The highest BCUT2D eigenvalue weighted by molar-refractivity contribution is 5.93. The molecule has 9 heteroatoms. The molecule has 0 aliphatic rings. The number of benzene rings is 2. The fourth-order valence-electron chi connectivity index (χ4n) is 3.35. The van der Waals surface area contributed by atoms with Gasteiger partial charge in [-0.2, -0.15) is 0 Å². The number of aromatic nitrogens is 4. The largest absolute Gasteiger partial charge is 0.496 e. The van der Waals surface area contributed by atoms with Crippen molar-refractivity contribution < 1.29 is 23.8 Å². The minimum Gasteiger partial charge on any atom is -0.496 e. The minimum atomic E-state index is -0.548. The predicted octanol–water partition coefficient (Wildman–Crippen LogP) is 3.40. The molecular formula is C23H20N4O5. The average Bonchev–Trinajstić information content (AvgIpc) is 3.16. The predicted molar refractivity (Wildman–Crippen MR) is 115 cm³/mol. The van der Waals surface area contributed by atoms with Gasteiger partial charge in [0.05, 0.1) is 25.5 Å². The molecule has 0 saturated heterocycles. The zero-order valence-electron chi connectivity index (χ0n) is 17.7. The molecule has 0 saturated carbocycles. The molecule has 0 bridgehead atoms. The number of carbonyl (C=O) groups is 2. The molecule has 0 amide bonds. The van der Waals surface area contributed by atoms with Gasteiger partial charge in [-0.15, -0.1) is 0 Å². The molecule has 0 aliphatic heterocycles. The van der Waals surface area contributed by atoms with Gasteiger partial charge in [0.25, 0.3) is 0 Å². The normalized spacial score (nSPS) is 10.7. The number of nitrogens with zero attached hydrogens (tertiary/aromatic N) is 4. The Morgan fingerprint density at radius 1 is 0.938 bits per heavy atom. The van der Waals surface area contributed by atoms with E-state index in [1.54, 1.807) is 6.33 Å². The van der Waals surface area contributed by atoms with Gasteiger partial charge in [-0.3, -0.25) is 9.59 Å². The van der Waals surface area contributed by atoms with Gasteiger partial charge in [-0.25, -0.2) is 15.0 Å². The number of fused-ring (bicyclic) bond motifs is 1. The van der Waals surface area contributed by atoms with Crippen molar-refractivity contribution in [1.82, 2.24) is 19.5 Å². The zero-order valence-corrected chi connectivity index (χ0v) is 17.7. The van der Waals surface area contributed by atoms with Crippen molar-refractivity contribution in [2.24, 2.45) is 0 Å².